The first kappa shape index (κ1) is 14.9. The molecule has 7 heteroatoms. The van der Waals surface area contributed by atoms with Crippen molar-refractivity contribution in [3.8, 4) is 0 Å². The Bertz CT molecular complexity index is 618. The van der Waals surface area contributed by atoms with Gasteiger partial charge in [-0.25, -0.2) is 0 Å². The minimum atomic E-state index is -0.447. The van der Waals surface area contributed by atoms with Crippen LogP contribution in [0.15, 0.2) is 42.6 Å². The van der Waals surface area contributed by atoms with E-state index in [4.69, 9.17) is 5.84 Å². The number of nitro benzene ring substituents is 1. The Balaban J connectivity index is 2.09. The Labute approximate surface area is 122 Å². The van der Waals surface area contributed by atoms with Crippen molar-refractivity contribution >= 4 is 11.4 Å². The van der Waals surface area contributed by atoms with E-state index in [9.17, 15) is 10.1 Å². The zero-order valence-corrected chi connectivity index (χ0v) is 11.7. The number of benzene rings is 1. The van der Waals surface area contributed by atoms with Crippen molar-refractivity contribution in [3.63, 3.8) is 0 Å². The van der Waals surface area contributed by atoms with Crippen molar-refractivity contribution in [3.05, 3.63) is 64.0 Å². The highest BCUT2D eigenvalue weighted by molar-refractivity contribution is 5.61. The monoisotopic (exact) mass is 287 g/mol. The molecule has 0 spiro atoms. The summed E-state index contributed by atoms with van der Waals surface area (Å²) in [6.07, 6.45) is 1.75. The molecular formula is C14H17N5O2. The Morgan fingerprint density at radius 3 is 2.76 bits per heavy atom. The van der Waals surface area contributed by atoms with Gasteiger partial charge in [0.05, 0.1) is 10.6 Å². The summed E-state index contributed by atoms with van der Waals surface area (Å²) >= 11 is 0. The van der Waals surface area contributed by atoms with Crippen LogP contribution in [0.5, 0.6) is 0 Å². The molecule has 0 aliphatic rings. The molecule has 0 radical (unpaired) electrons. The van der Waals surface area contributed by atoms with Gasteiger partial charge >= 0.3 is 0 Å². The Morgan fingerprint density at radius 1 is 1.33 bits per heavy atom. The fraction of sp³-hybridized carbons (Fsp3) is 0.214. The second-order valence-corrected chi connectivity index (χ2v) is 4.75. The second kappa shape index (κ2) is 6.78. The van der Waals surface area contributed by atoms with Crippen LogP contribution in [0.4, 0.5) is 11.4 Å². The average molecular weight is 287 g/mol. The van der Waals surface area contributed by atoms with Crippen molar-refractivity contribution in [2.75, 3.05) is 12.5 Å². The fourth-order valence-electron chi connectivity index (χ4n) is 2.08. The van der Waals surface area contributed by atoms with E-state index in [1.807, 2.05) is 36.2 Å². The van der Waals surface area contributed by atoms with E-state index in [1.54, 1.807) is 12.3 Å². The lowest BCUT2D eigenvalue weighted by molar-refractivity contribution is -0.384. The summed E-state index contributed by atoms with van der Waals surface area (Å²) in [4.78, 5) is 16.8. The molecule has 0 aliphatic carbocycles. The number of hydrogen-bond acceptors (Lipinski definition) is 6. The molecule has 110 valence electrons. The smallest absolute Gasteiger partial charge is 0.293 e. The van der Waals surface area contributed by atoms with Gasteiger partial charge in [-0.3, -0.25) is 25.8 Å². The highest BCUT2D eigenvalue weighted by atomic mass is 16.6. The number of aromatic nitrogens is 1. The summed E-state index contributed by atoms with van der Waals surface area (Å²) < 4.78 is 0. The van der Waals surface area contributed by atoms with Crippen LogP contribution in [0.25, 0.3) is 0 Å². The molecule has 2 rings (SSSR count). The number of nitrogens with zero attached hydrogens (tertiary/aromatic N) is 3. The number of hydrogen-bond donors (Lipinski definition) is 2. The molecular weight excluding hydrogens is 270 g/mol. The molecule has 21 heavy (non-hydrogen) atoms. The molecule has 1 heterocycles. The molecule has 0 saturated carbocycles. The van der Waals surface area contributed by atoms with Crippen molar-refractivity contribution in [1.29, 1.82) is 0 Å². The van der Waals surface area contributed by atoms with E-state index in [-0.39, 0.29) is 5.69 Å². The van der Waals surface area contributed by atoms with Crippen LogP contribution in [-0.4, -0.2) is 21.9 Å². The highest BCUT2D eigenvalue weighted by Crippen LogP contribution is 2.25. The van der Waals surface area contributed by atoms with Gasteiger partial charge in [0.1, 0.15) is 5.69 Å². The van der Waals surface area contributed by atoms with Gasteiger partial charge in [-0.1, -0.05) is 12.1 Å². The average Bonchev–Trinajstić information content (AvgIpc) is 2.48. The number of hydrazine groups is 1. The number of rotatable bonds is 6. The van der Waals surface area contributed by atoms with Gasteiger partial charge in [-0.05, 0) is 30.8 Å². The van der Waals surface area contributed by atoms with Gasteiger partial charge in [0.2, 0.25) is 0 Å². The van der Waals surface area contributed by atoms with E-state index >= 15 is 0 Å². The Morgan fingerprint density at radius 2 is 2.14 bits per heavy atom. The molecule has 0 aliphatic heterocycles. The minimum absolute atomic E-state index is 0.0266. The number of nitrogens with two attached hydrogens (primary N) is 1. The number of nitrogen functional groups attached to an aromatic ring is 1. The molecule has 1 aromatic heterocycles. The largest absolute Gasteiger partial charge is 0.318 e. The molecule has 2 aromatic rings. The zero-order chi connectivity index (χ0) is 15.2. The zero-order valence-electron chi connectivity index (χ0n) is 11.7. The predicted octanol–water partition coefficient (Wildman–Crippen LogP) is 1.91. The second-order valence-electron chi connectivity index (χ2n) is 4.75. The topological polar surface area (TPSA) is 97.3 Å². The third-order valence-corrected chi connectivity index (χ3v) is 3.02. The molecule has 1 aromatic carbocycles. The summed E-state index contributed by atoms with van der Waals surface area (Å²) in [5.74, 6) is 5.27. The summed E-state index contributed by atoms with van der Waals surface area (Å²) in [7, 11) is 1.94. The van der Waals surface area contributed by atoms with Crippen LogP contribution in [0.3, 0.4) is 0 Å². The lowest BCUT2D eigenvalue weighted by Gasteiger charge is -2.16. The number of anilines is 1. The van der Waals surface area contributed by atoms with Gasteiger partial charge in [0, 0.05) is 25.4 Å². The van der Waals surface area contributed by atoms with Crippen LogP contribution in [-0.2, 0) is 13.1 Å². The fourth-order valence-corrected chi connectivity index (χ4v) is 2.08. The first-order chi connectivity index (χ1) is 10.1. The van der Waals surface area contributed by atoms with Gasteiger partial charge in [-0.15, -0.1) is 0 Å². The lowest BCUT2D eigenvalue weighted by Crippen LogP contribution is -2.18. The van der Waals surface area contributed by atoms with Crippen molar-refractivity contribution in [2.45, 2.75) is 13.1 Å². The van der Waals surface area contributed by atoms with E-state index in [1.165, 1.54) is 6.07 Å². The lowest BCUT2D eigenvalue weighted by atomic mass is 10.1. The summed E-state index contributed by atoms with van der Waals surface area (Å²) in [5, 5.41) is 11.0. The van der Waals surface area contributed by atoms with E-state index < -0.39 is 4.92 Å². The van der Waals surface area contributed by atoms with E-state index in [0.29, 0.717) is 18.8 Å². The maximum Gasteiger partial charge on any atom is 0.293 e. The first-order valence-electron chi connectivity index (χ1n) is 6.42. The third-order valence-electron chi connectivity index (χ3n) is 3.02. The first-order valence-corrected chi connectivity index (χ1v) is 6.42. The molecule has 7 nitrogen and oxygen atoms in total. The quantitative estimate of drug-likeness (QED) is 0.478. The molecule has 0 amide bonds. The van der Waals surface area contributed by atoms with Crippen LogP contribution in [0.2, 0.25) is 0 Å². The molecule has 0 unspecified atom stereocenters. The molecule has 3 N–H and O–H groups in total. The van der Waals surface area contributed by atoms with Gasteiger partial charge in [-0.2, -0.15) is 0 Å². The van der Waals surface area contributed by atoms with E-state index in [0.717, 1.165) is 11.3 Å². The van der Waals surface area contributed by atoms with Crippen molar-refractivity contribution < 1.29 is 4.92 Å². The highest BCUT2D eigenvalue weighted by Gasteiger charge is 2.14. The van der Waals surface area contributed by atoms with Gasteiger partial charge in [0.15, 0.2) is 0 Å². The van der Waals surface area contributed by atoms with Crippen LogP contribution < -0.4 is 11.3 Å². The third kappa shape index (κ3) is 3.98. The SMILES string of the molecule is CN(Cc1ccc(NN)c([N+](=O)[O-])c1)Cc1ccccn1. The van der Waals surface area contributed by atoms with Crippen LogP contribution in [0.1, 0.15) is 11.3 Å². The Hall–Kier alpha value is -2.51. The minimum Gasteiger partial charge on any atom is -0.318 e. The molecule has 0 bridgehead atoms. The van der Waals surface area contributed by atoms with Gasteiger partial charge in [0.25, 0.3) is 5.69 Å². The van der Waals surface area contributed by atoms with Crippen LogP contribution >= 0.6 is 0 Å². The Kier molecular flexibility index (Phi) is 4.81. The van der Waals surface area contributed by atoms with E-state index in [2.05, 4.69) is 10.4 Å². The predicted molar refractivity (Wildman–Crippen MR) is 80.3 cm³/mol. The normalized spacial score (nSPS) is 10.6. The molecule has 0 saturated heterocycles. The number of pyridine rings is 1. The van der Waals surface area contributed by atoms with Crippen molar-refractivity contribution in [1.82, 2.24) is 9.88 Å². The summed E-state index contributed by atoms with van der Waals surface area (Å²) in [5.41, 5.74) is 4.41. The van der Waals surface area contributed by atoms with Crippen LogP contribution in [0, 0.1) is 10.1 Å². The molecule has 0 atom stereocenters. The summed E-state index contributed by atoms with van der Waals surface area (Å²) in [6, 6.07) is 10.7. The summed E-state index contributed by atoms with van der Waals surface area (Å²) in [6.45, 7) is 1.26. The number of nitrogens with one attached hydrogen (secondary N) is 1. The van der Waals surface area contributed by atoms with Gasteiger partial charge < -0.3 is 5.43 Å². The maximum atomic E-state index is 11.0. The molecule has 0 fully saturated rings. The standard InChI is InChI=1S/C14H17N5O2/c1-18(10-12-4-2-3-7-16-12)9-11-5-6-13(17-15)14(8-11)19(20)21/h2-8,17H,9-10,15H2,1H3. The maximum absolute atomic E-state index is 11.0. The van der Waals surface area contributed by atoms with Crippen molar-refractivity contribution in [2.24, 2.45) is 5.84 Å². The number of nitro groups is 1.